The third-order valence-electron chi connectivity index (χ3n) is 5.32. The van der Waals surface area contributed by atoms with Crippen molar-refractivity contribution in [3.05, 3.63) is 73.8 Å². The van der Waals surface area contributed by atoms with Gasteiger partial charge >= 0.3 is 5.97 Å². The van der Waals surface area contributed by atoms with Crippen LogP contribution in [0.4, 0.5) is 5.95 Å². The second-order valence-corrected chi connectivity index (χ2v) is 10.3. The Bertz CT molecular complexity index is 1310. The lowest BCUT2D eigenvalue weighted by molar-refractivity contribution is -0.139. The van der Waals surface area contributed by atoms with Crippen LogP contribution in [0.3, 0.4) is 0 Å². The first-order chi connectivity index (χ1) is 16.8. The zero-order valence-corrected chi connectivity index (χ0v) is 23.2. The Kier molecular flexibility index (Phi) is 7.98. The SMILES string of the molecule is CCOC(=O)C1=C(C)Nc2nc(SCC(=O)c3ccc(Br)cc3)nn2C1c1ccc(OC)c(Br)c1. The number of fused-ring (bicyclic) bond motifs is 1. The summed E-state index contributed by atoms with van der Waals surface area (Å²) < 4.78 is 14.0. The molecule has 0 bridgehead atoms. The number of ether oxygens (including phenoxy) is 2. The maximum Gasteiger partial charge on any atom is 0.338 e. The number of methoxy groups -OCH3 is 1. The zero-order valence-electron chi connectivity index (χ0n) is 19.2. The van der Waals surface area contributed by atoms with Crippen LogP contribution < -0.4 is 10.1 Å². The third kappa shape index (κ3) is 5.46. The summed E-state index contributed by atoms with van der Waals surface area (Å²) in [6.07, 6.45) is 0. The van der Waals surface area contributed by atoms with Gasteiger partial charge in [-0.05, 0) is 59.6 Å². The van der Waals surface area contributed by atoms with Crippen LogP contribution in [0.1, 0.15) is 35.8 Å². The molecule has 2 aromatic carbocycles. The van der Waals surface area contributed by atoms with Crippen molar-refractivity contribution in [3.63, 3.8) is 0 Å². The number of allylic oxidation sites excluding steroid dienone is 1. The van der Waals surface area contributed by atoms with E-state index < -0.39 is 12.0 Å². The van der Waals surface area contributed by atoms with Gasteiger partial charge in [-0.3, -0.25) is 4.79 Å². The number of ketones is 1. The summed E-state index contributed by atoms with van der Waals surface area (Å²) in [6, 6.07) is 12.2. The molecule has 0 radical (unpaired) electrons. The summed E-state index contributed by atoms with van der Waals surface area (Å²) in [5, 5.41) is 8.23. The van der Waals surface area contributed by atoms with Gasteiger partial charge in [0.25, 0.3) is 0 Å². The first-order valence-electron chi connectivity index (χ1n) is 10.7. The predicted octanol–water partition coefficient (Wildman–Crippen LogP) is 5.64. The number of hydrogen-bond acceptors (Lipinski definition) is 8. The molecule has 8 nitrogen and oxygen atoms in total. The zero-order chi connectivity index (χ0) is 25.1. The largest absolute Gasteiger partial charge is 0.496 e. The molecule has 0 saturated carbocycles. The van der Waals surface area contributed by atoms with E-state index in [-0.39, 0.29) is 18.1 Å². The fourth-order valence-corrected chi connectivity index (χ4v) is 5.22. The second kappa shape index (κ2) is 11.0. The third-order valence-corrected chi connectivity index (χ3v) is 7.30. The second-order valence-electron chi connectivity index (χ2n) is 7.56. The molecule has 0 saturated heterocycles. The van der Waals surface area contributed by atoms with Crippen LogP contribution >= 0.6 is 43.6 Å². The molecule has 1 aliphatic heterocycles. The number of nitrogens with one attached hydrogen (secondary N) is 1. The summed E-state index contributed by atoms with van der Waals surface area (Å²) in [6.45, 7) is 3.82. The number of aromatic nitrogens is 3. The maximum absolute atomic E-state index is 12.9. The average Bonchev–Trinajstić information content (AvgIpc) is 3.24. The molecule has 4 rings (SSSR count). The van der Waals surface area contributed by atoms with Crippen LogP contribution in [-0.2, 0) is 9.53 Å². The Morgan fingerprint density at radius 3 is 2.57 bits per heavy atom. The molecule has 0 amide bonds. The maximum atomic E-state index is 12.9. The molecule has 0 aliphatic carbocycles. The Morgan fingerprint density at radius 1 is 1.17 bits per heavy atom. The smallest absolute Gasteiger partial charge is 0.338 e. The monoisotopic (exact) mass is 620 g/mol. The highest BCUT2D eigenvalue weighted by atomic mass is 79.9. The van der Waals surface area contributed by atoms with Crippen LogP contribution in [0.5, 0.6) is 5.75 Å². The van der Waals surface area contributed by atoms with Crippen LogP contribution in [0.15, 0.2) is 67.8 Å². The van der Waals surface area contributed by atoms with Gasteiger partial charge in [0, 0.05) is 15.7 Å². The molecule has 1 aromatic heterocycles. The van der Waals surface area contributed by atoms with Crippen LogP contribution in [-0.4, -0.2) is 46.0 Å². The minimum atomic E-state index is -0.573. The number of hydrogen-bond donors (Lipinski definition) is 1. The summed E-state index contributed by atoms with van der Waals surface area (Å²) in [5.41, 5.74) is 2.48. The van der Waals surface area contributed by atoms with Crippen molar-refractivity contribution in [1.82, 2.24) is 14.8 Å². The summed E-state index contributed by atoms with van der Waals surface area (Å²) in [7, 11) is 1.59. The lowest BCUT2D eigenvalue weighted by Gasteiger charge is -2.28. The number of Topliss-reactive ketones (excluding diaryl/α,β-unsaturated/α-hetero) is 1. The van der Waals surface area contributed by atoms with E-state index in [0.717, 1.165) is 14.5 Å². The minimum absolute atomic E-state index is 0.0274. The van der Waals surface area contributed by atoms with Crippen molar-refractivity contribution in [3.8, 4) is 5.75 Å². The van der Waals surface area contributed by atoms with Gasteiger partial charge in [-0.25, -0.2) is 9.48 Å². The molecule has 1 atom stereocenters. The van der Waals surface area contributed by atoms with E-state index in [4.69, 9.17) is 9.47 Å². The molecule has 1 aliphatic rings. The van der Waals surface area contributed by atoms with Crippen LogP contribution in [0, 0.1) is 0 Å². The van der Waals surface area contributed by atoms with Crippen molar-refractivity contribution in [1.29, 1.82) is 0 Å². The lowest BCUT2D eigenvalue weighted by Crippen LogP contribution is -2.29. The van der Waals surface area contributed by atoms with Gasteiger partial charge in [0.15, 0.2) is 5.78 Å². The van der Waals surface area contributed by atoms with Crippen molar-refractivity contribution >= 4 is 61.3 Å². The van der Waals surface area contributed by atoms with Crippen LogP contribution in [0.2, 0.25) is 0 Å². The number of carbonyl (C=O) groups is 2. The van der Waals surface area contributed by atoms with E-state index in [9.17, 15) is 9.59 Å². The summed E-state index contributed by atoms with van der Waals surface area (Å²) >= 11 is 8.14. The molecule has 2 heterocycles. The quantitative estimate of drug-likeness (QED) is 0.196. The molecule has 1 unspecified atom stereocenters. The number of carbonyl (C=O) groups excluding carboxylic acids is 2. The van der Waals surface area contributed by atoms with Gasteiger partial charge in [0.05, 0.1) is 29.5 Å². The number of esters is 1. The Hall–Kier alpha value is -2.63. The standard InChI is InChI=1S/C24H22Br2N4O4S/c1-4-34-22(32)20-13(2)27-23-28-24(35-12-18(31)14-5-8-16(25)9-6-14)29-30(23)21(20)15-7-10-19(33-3)17(26)11-15/h5-11,21H,4,12H2,1-3H3,(H,27,28,29). The molecule has 11 heteroatoms. The Balaban J connectivity index is 1.66. The van der Waals surface area contributed by atoms with E-state index in [2.05, 4.69) is 47.3 Å². The van der Waals surface area contributed by atoms with E-state index in [1.807, 2.05) is 30.3 Å². The van der Waals surface area contributed by atoms with Gasteiger partial charge in [-0.1, -0.05) is 45.9 Å². The van der Waals surface area contributed by atoms with E-state index in [1.54, 1.807) is 37.8 Å². The highest BCUT2D eigenvalue weighted by Gasteiger charge is 2.35. The number of anilines is 1. The fraction of sp³-hybridized carbons (Fsp3) is 0.250. The van der Waals surface area contributed by atoms with Crippen molar-refractivity contribution in [2.45, 2.75) is 25.0 Å². The number of thioether (sulfide) groups is 1. The highest BCUT2D eigenvalue weighted by molar-refractivity contribution is 9.10. The normalized spacial score (nSPS) is 14.8. The van der Waals surface area contributed by atoms with Gasteiger partial charge in [0.1, 0.15) is 11.8 Å². The van der Waals surface area contributed by atoms with Crippen molar-refractivity contribution in [2.75, 3.05) is 24.8 Å². The van der Waals surface area contributed by atoms with Gasteiger partial charge in [-0.15, -0.1) is 5.10 Å². The van der Waals surface area contributed by atoms with Gasteiger partial charge in [-0.2, -0.15) is 4.98 Å². The number of nitrogens with zero attached hydrogens (tertiary/aromatic N) is 3. The van der Waals surface area contributed by atoms with Gasteiger partial charge in [0.2, 0.25) is 11.1 Å². The fourth-order valence-electron chi connectivity index (χ4n) is 3.68. The lowest BCUT2D eigenvalue weighted by atomic mass is 9.96. The Labute approximate surface area is 223 Å². The summed E-state index contributed by atoms with van der Waals surface area (Å²) in [4.78, 5) is 30.1. The van der Waals surface area contributed by atoms with Crippen LogP contribution in [0.25, 0.3) is 0 Å². The van der Waals surface area contributed by atoms with Crippen molar-refractivity contribution in [2.24, 2.45) is 0 Å². The molecule has 1 N–H and O–H groups in total. The molecule has 182 valence electrons. The molecule has 0 spiro atoms. The Morgan fingerprint density at radius 2 is 1.91 bits per heavy atom. The number of benzene rings is 2. The topological polar surface area (TPSA) is 95.3 Å². The van der Waals surface area contributed by atoms with Gasteiger partial charge < -0.3 is 14.8 Å². The molecular weight excluding hydrogens is 600 g/mol. The average molecular weight is 622 g/mol. The first-order valence-corrected chi connectivity index (χ1v) is 13.3. The molecular formula is C24H22Br2N4O4S. The van der Waals surface area contributed by atoms with E-state index >= 15 is 0 Å². The molecule has 3 aromatic rings. The van der Waals surface area contributed by atoms with Crippen molar-refractivity contribution < 1.29 is 19.1 Å². The summed E-state index contributed by atoms with van der Waals surface area (Å²) in [5.74, 6) is 0.866. The number of rotatable bonds is 8. The molecule has 35 heavy (non-hydrogen) atoms. The number of halogens is 2. The highest BCUT2D eigenvalue weighted by Crippen LogP contribution is 2.39. The minimum Gasteiger partial charge on any atom is -0.496 e. The van der Waals surface area contributed by atoms with E-state index in [1.165, 1.54) is 11.8 Å². The first kappa shape index (κ1) is 25.5. The molecule has 0 fully saturated rings. The predicted molar refractivity (Wildman–Crippen MR) is 141 cm³/mol. The van der Waals surface area contributed by atoms with E-state index in [0.29, 0.717) is 33.7 Å².